The van der Waals surface area contributed by atoms with E-state index in [0.29, 0.717) is 0 Å². The van der Waals surface area contributed by atoms with Crippen LogP contribution in [-0.4, -0.2) is 28.9 Å². The maximum absolute atomic E-state index is 11.4. The predicted octanol–water partition coefficient (Wildman–Crippen LogP) is 2.11. The van der Waals surface area contributed by atoms with E-state index >= 15 is 0 Å². The van der Waals surface area contributed by atoms with Crippen molar-refractivity contribution in [1.29, 1.82) is 0 Å². The highest BCUT2D eigenvalue weighted by molar-refractivity contribution is 5.90. The molecule has 1 aromatic heterocycles. The van der Waals surface area contributed by atoms with Gasteiger partial charge in [-0.15, -0.1) is 0 Å². The maximum atomic E-state index is 11.4. The molecule has 0 fully saturated rings. The summed E-state index contributed by atoms with van der Waals surface area (Å²) in [5.74, 6) is 0.129. The molecule has 0 aliphatic carbocycles. The van der Waals surface area contributed by atoms with Crippen LogP contribution >= 0.6 is 0 Å². The number of carbonyl (C=O) groups is 1. The first-order chi connectivity index (χ1) is 8.34. The van der Waals surface area contributed by atoms with Gasteiger partial charge in [-0.25, -0.2) is 0 Å². The number of aromatic nitrogens is 1. The van der Waals surface area contributed by atoms with Crippen LogP contribution in [0.5, 0.6) is 0 Å². The largest absolute Gasteiger partial charge is 0.361 e. The van der Waals surface area contributed by atoms with Crippen molar-refractivity contribution in [3.8, 4) is 0 Å². The van der Waals surface area contributed by atoms with Crippen LogP contribution in [0.15, 0.2) is 42.6 Å². The third-order valence-electron chi connectivity index (χ3n) is 3.22. The van der Waals surface area contributed by atoms with Gasteiger partial charge in [0.1, 0.15) is 0 Å². The van der Waals surface area contributed by atoms with Gasteiger partial charge in [0.2, 0.25) is 5.91 Å². The molecule has 1 aliphatic rings. The molecule has 0 unspecified atom stereocenters. The molecule has 0 spiro atoms. The Balaban J connectivity index is 1.75. The summed E-state index contributed by atoms with van der Waals surface area (Å²) in [6.45, 7) is 1.54. The number of nitrogens with zero attached hydrogens (tertiary/aromatic N) is 1. The minimum Gasteiger partial charge on any atom is -0.361 e. The predicted molar refractivity (Wildman–Crippen MR) is 67.7 cm³/mol. The number of H-pyrrole nitrogens is 1. The fourth-order valence-electron chi connectivity index (χ4n) is 2.27. The van der Waals surface area contributed by atoms with Crippen molar-refractivity contribution in [2.24, 2.45) is 0 Å². The smallest absolute Gasteiger partial charge is 0.246 e. The molecule has 1 aliphatic heterocycles. The number of hydrogen-bond acceptors (Lipinski definition) is 1. The third kappa shape index (κ3) is 1.84. The first kappa shape index (κ1) is 10.1. The molecule has 2 aromatic rings. The Kier molecular flexibility index (Phi) is 2.44. The highest BCUT2D eigenvalue weighted by Gasteiger charge is 2.14. The van der Waals surface area contributed by atoms with Crippen molar-refractivity contribution >= 4 is 16.8 Å². The molecular weight excluding hydrogens is 212 g/mol. The van der Waals surface area contributed by atoms with Gasteiger partial charge in [-0.3, -0.25) is 4.79 Å². The van der Waals surface area contributed by atoms with Gasteiger partial charge in [0.25, 0.3) is 0 Å². The Morgan fingerprint density at radius 2 is 2.18 bits per heavy atom. The summed E-state index contributed by atoms with van der Waals surface area (Å²) in [7, 11) is 0. The van der Waals surface area contributed by atoms with Gasteiger partial charge < -0.3 is 9.88 Å². The van der Waals surface area contributed by atoms with Crippen molar-refractivity contribution in [3.63, 3.8) is 0 Å². The highest BCUT2D eigenvalue weighted by Crippen LogP contribution is 2.18. The van der Waals surface area contributed by atoms with Crippen LogP contribution < -0.4 is 0 Å². The van der Waals surface area contributed by atoms with Gasteiger partial charge in [0.15, 0.2) is 0 Å². The lowest BCUT2D eigenvalue weighted by atomic mass is 10.1. The average Bonchev–Trinajstić information content (AvgIpc) is 2.93. The van der Waals surface area contributed by atoms with E-state index in [1.807, 2.05) is 29.3 Å². The minimum absolute atomic E-state index is 0.129. The molecule has 0 saturated heterocycles. The normalized spacial score (nSPS) is 15.1. The van der Waals surface area contributed by atoms with Crippen LogP contribution in [0.4, 0.5) is 0 Å². The third-order valence-corrected chi connectivity index (χ3v) is 3.22. The molecule has 1 amide bonds. The molecule has 0 atom stereocenters. The van der Waals surface area contributed by atoms with E-state index in [4.69, 9.17) is 0 Å². The molecule has 1 N–H and O–H groups in total. The minimum atomic E-state index is 0.129. The van der Waals surface area contributed by atoms with Gasteiger partial charge in [-0.1, -0.05) is 24.3 Å². The van der Waals surface area contributed by atoms with Gasteiger partial charge in [0.05, 0.1) is 0 Å². The number of benzene rings is 1. The lowest BCUT2D eigenvalue weighted by molar-refractivity contribution is -0.124. The van der Waals surface area contributed by atoms with Crippen molar-refractivity contribution in [3.05, 3.63) is 48.2 Å². The molecule has 0 radical (unpaired) electrons. The van der Waals surface area contributed by atoms with E-state index in [1.54, 1.807) is 6.08 Å². The quantitative estimate of drug-likeness (QED) is 0.855. The van der Waals surface area contributed by atoms with Crippen LogP contribution in [0.3, 0.4) is 0 Å². The zero-order valence-electron chi connectivity index (χ0n) is 9.52. The number of fused-ring (bicyclic) bond motifs is 1. The summed E-state index contributed by atoms with van der Waals surface area (Å²) in [4.78, 5) is 16.5. The Morgan fingerprint density at radius 3 is 3.00 bits per heavy atom. The van der Waals surface area contributed by atoms with Crippen LogP contribution in [0.1, 0.15) is 5.56 Å². The summed E-state index contributed by atoms with van der Waals surface area (Å²) in [5, 5.41) is 1.26. The number of amides is 1. The average molecular weight is 226 g/mol. The maximum Gasteiger partial charge on any atom is 0.246 e. The van der Waals surface area contributed by atoms with Crippen molar-refractivity contribution < 1.29 is 4.79 Å². The number of aromatic amines is 1. The van der Waals surface area contributed by atoms with E-state index in [2.05, 4.69) is 17.1 Å². The lowest BCUT2D eigenvalue weighted by Gasteiger charge is -2.14. The summed E-state index contributed by atoms with van der Waals surface area (Å²) < 4.78 is 0. The lowest BCUT2D eigenvalue weighted by Crippen LogP contribution is -2.27. The van der Waals surface area contributed by atoms with E-state index in [1.165, 1.54) is 10.9 Å². The van der Waals surface area contributed by atoms with Gasteiger partial charge >= 0.3 is 0 Å². The van der Waals surface area contributed by atoms with E-state index in [9.17, 15) is 4.79 Å². The first-order valence-electron chi connectivity index (χ1n) is 5.85. The molecule has 17 heavy (non-hydrogen) atoms. The van der Waals surface area contributed by atoms with E-state index in [-0.39, 0.29) is 5.91 Å². The summed E-state index contributed by atoms with van der Waals surface area (Å²) >= 11 is 0. The number of rotatable bonds is 3. The second-order valence-electron chi connectivity index (χ2n) is 4.30. The van der Waals surface area contributed by atoms with E-state index < -0.39 is 0 Å². The number of para-hydroxylation sites is 1. The SMILES string of the molecule is O=C1C=CCN1CCc1c[nH]c2ccccc12. The van der Waals surface area contributed by atoms with Crippen molar-refractivity contribution in [2.75, 3.05) is 13.1 Å². The highest BCUT2D eigenvalue weighted by atomic mass is 16.2. The molecule has 2 heterocycles. The fraction of sp³-hybridized carbons (Fsp3) is 0.214. The molecule has 86 valence electrons. The van der Waals surface area contributed by atoms with Crippen LogP contribution in [-0.2, 0) is 11.2 Å². The van der Waals surface area contributed by atoms with Crippen molar-refractivity contribution in [1.82, 2.24) is 9.88 Å². The van der Waals surface area contributed by atoms with Gasteiger partial charge in [0, 0.05) is 36.3 Å². The molecular formula is C14H14N2O. The molecule has 0 saturated carbocycles. The standard InChI is InChI=1S/C14H14N2O/c17-14-6-3-8-16(14)9-7-11-10-15-13-5-2-1-4-12(11)13/h1-6,10,15H,7-9H2. The number of hydrogen-bond donors (Lipinski definition) is 1. The first-order valence-corrected chi connectivity index (χ1v) is 5.85. The number of nitrogens with one attached hydrogen (secondary N) is 1. The summed E-state index contributed by atoms with van der Waals surface area (Å²) in [5.41, 5.74) is 2.44. The van der Waals surface area contributed by atoms with Gasteiger partial charge in [-0.2, -0.15) is 0 Å². The number of carbonyl (C=O) groups excluding carboxylic acids is 1. The van der Waals surface area contributed by atoms with E-state index in [0.717, 1.165) is 25.0 Å². The summed E-state index contributed by atoms with van der Waals surface area (Å²) in [6.07, 6.45) is 6.50. The van der Waals surface area contributed by atoms with Crippen molar-refractivity contribution in [2.45, 2.75) is 6.42 Å². The van der Waals surface area contributed by atoms with Crippen LogP contribution in [0, 0.1) is 0 Å². The fourth-order valence-corrected chi connectivity index (χ4v) is 2.27. The second kappa shape index (κ2) is 4.09. The molecule has 3 heteroatoms. The van der Waals surface area contributed by atoms with Gasteiger partial charge in [-0.05, 0) is 18.1 Å². The Labute approximate surface area is 99.7 Å². The Morgan fingerprint density at radius 1 is 1.29 bits per heavy atom. The Bertz CT molecular complexity index is 583. The molecule has 1 aromatic carbocycles. The zero-order chi connectivity index (χ0) is 11.7. The van der Waals surface area contributed by atoms with Crippen LogP contribution in [0.25, 0.3) is 10.9 Å². The second-order valence-corrected chi connectivity index (χ2v) is 4.30. The molecule has 3 rings (SSSR count). The topological polar surface area (TPSA) is 36.1 Å². The molecule has 0 bridgehead atoms. The molecule has 3 nitrogen and oxygen atoms in total. The monoisotopic (exact) mass is 226 g/mol. The zero-order valence-corrected chi connectivity index (χ0v) is 9.52. The Hall–Kier alpha value is -2.03. The summed E-state index contributed by atoms with van der Waals surface area (Å²) in [6, 6.07) is 8.26. The van der Waals surface area contributed by atoms with Crippen LogP contribution in [0.2, 0.25) is 0 Å².